The SMILES string of the molecule is CCNC(=NCC(=O)OC(C)(C)C)NC1CCC(C)CC1. The predicted octanol–water partition coefficient (Wildman–Crippen LogP) is 2.46. The third-order valence-corrected chi connectivity index (χ3v) is 3.49. The molecule has 0 atom stereocenters. The summed E-state index contributed by atoms with van der Waals surface area (Å²) < 4.78 is 5.27. The molecule has 0 aromatic heterocycles. The molecule has 0 aliphatic heterocycles. The van der Waals surface area contributed by atoms with E-state index in [0.29, 0.717) is 12.0 Å². The molecule has 1 aliphatic carbocycles. The first-order chi connectivity index (χ1) is 9.80. The van der Waals surface area contributed by atoms with Crippen molar-refractivity contribution in [1.82, 2.24) is 10.6 Å². The average Bonchev–Trinajstić information content (AvgIpc) is 2.37. The summed E-state index contributed by atoms with van der Waals surface area (Å²) in [6.45, 7) is 10.7. The summed E-state index contributed by atoms with van der Waals surface area (Å²) in [7, 11) is 0. The van der Waals surface area contributed by atoms with Crippen LogP contribution in [0.25, 0.3) is 0 Å². The second-order valence-electron chi connectivity index (χ2n) is 6.88. The molecule has 0 amide bonds. The normalized spacial score (nSPS) is 23.6. The molecule has 1 aliphatic rings. The molecule has 0 saturated heterocycles. The van der Waals surface area contributed by atoms with Gasteiger partial charge in [0.25, 0.3) is 0 Å². The van der Waals surface area contributed by atoms with Crippen molar-refractivity contribution in [2.24, 2.45) is 10.9 Å². The Labute approximate surface area is 128 Å². The topological polar surface area (TPSA) is 62.7 Å². The van der Waals surface area contributed by atoms with E-state index in [1.807, 2.05) is 27.7 Å². The van der Waals surface area contributed by atoms with Gasteiger partial charge in [-0.3, -0.25) is 4.79 Å². The van der Waals surface area contributed by atoms with Gasteiger partial charge in [-0.15, -0.1) is 0 Å². The van der Waals surface area contributed by atoms with Gasteiger partial charge in [0, 0.05) is 12.6 Å². The summed E-state index contributed by atoms with van der Waals surface area (Å²) in [5.74, 6) is 1.24. The van der Waals surface area contributed by atoms with Gasteiger partial charge >= 0.3 is 5.97 Å². The number of rotatable bonds is 4. The molecule has 0 bridgehead atoms. The van der Waals surface area contributed by atoms with Gasteiger partial charge in [0.15, 0.2) is 5.96 Å². The van der Waals surface area contributed by atoms with E-state index in [-0.39, 0.29) is 12.5 Å². The molecular formula is C16H31N3O2. The summed E-state index contributed by atoms with van der Waals surface area (Å²) in [4.78, 5) is 16.0. The van der Waals surface area contributed by atoms with Gasteiger partial charge in [-0.05, 0) is 59.3 Å². The van der Waals surface area contributed by atoms with Crippen LogP contribution >= 0.6 is 0 Å². The molecule has 0 aromatic rings. The highest BCUT2D eigenvalue weighted by atomic mass is 16.6. The van der Waals surface area contributed by atoms with Crippen molar-refractivity contribution in [2.45, 2.75) is 71.9 Å². The standard InChI is InChI=1S/C16H31N3O2/c1-6-17-15(18-11-14(20)21-16(3,4)5)19-13-9-7-12(2)8-10-13/h12-13H,6-11H2,1-5H3,(H2,17,18,19). The summed E-state index contributed by atoms with van der Waals surface area (Å²) in [6, 6.07) is 0.456. The highest BCUT2D eigenvalue weighted by molar-refractivity contribution is 5.83. The van der Waals surface area contributed by atoms with E-state index in [2.05, 4.69) is 22.5 Å². The van der Waals surface area contributed by atoms with Gasteiger partial charge in [0.2, 0.25) is 0 Å². The molecule has 0 unspecified atom stereocenters. The lowest BCUT2D eigenvalue weighted by Gasteiger charge is -2.28. The number of esters is 1. The van der Waals surface area contributed by atoms with E-state index >= 15 is 0 Å². The van der Waals surface area contributed by atoms with E-state index in [0.717, 1.165) is 25.3 Å². The average molecular weight is 297 g/mol. The van der Waals surface area contributed by atoms with Crippen LogP contribution in [-0.2, 0) is 9.53 Å². The first kappa shape index (κ1) is 17.8. The Hall–Kier alpha value is -1.26. The van der Waals surface area contributed by atoms with Crippen molar-refractivity contribution in [1.29, 1.82) is 0 Å². The van der Waals surface area contributed by atoms with Crippen LogP contribution < -0.4 is 10.6 Å². The van der Waals surface area contributed by atoms with Crippen LogP contribution in [0, 0.1) is 5.92 Å². The molecule has 21 heavy (non-hydrogen) atoms. The number of hydrogen-bond donors (Lipinski definition) is 2. The largest absolute Gasteiger partial charge is 0.459 e. The number of ether oxygens (including phenoxy) is 1. The van der Waals surface area contributed by atoms with Crippen molar-refractivity contribution < 1.29 is 9.53 Å². The number of nitrogens with one attached hydrogen (secondary N) is 2. The van der Waals surface area contributed by atoms with Crippen molar-refractivity contribution in [3.8, 4) is 0 Å². The van der Waals surface area contributed by atoms with Crippen LogP contribution in [0.2, 0.25) is 0 Å². The minimum absolute atomic E-state index is 0.0513. The number of nitrogens with zero attached hydrogens (tertiary/aromatic N) is 1. The zero-order valence-electron chi connectivity index (χ0n) is 14.2. The Morgan fingerprint density at radius 1 is 1.24 bits per heavy atom. The van der Waals surface area contributed by atoms with Crippen LogP contribution in [0.5, 0.6) is 0 Å². The molecule has 1 saturated carbocycles. The molecule has 1 fully saturated rings. The number of carbonyl (C=O) groups excluding carboxylic acids is 1. The van der Waals surface area contributed by atoms with Gasteiger partial charge in [-0.25, -0.2) is 4.99 Å². The fraction of sp³-hybridized carbons (Fsp3) is 0.875. The van der Waals surface area contributed by atoms with Crippen LogP contribution in [0.15, 0.2) is 4.99 Å². The van der Waals surface area contributed by atoms with E-state index in [1.165, 1.54) is 12.8 Å². The van der Waals surface area contributed by atoms with Gasteiger partial charge in [0.05, 0.1) is 0 Å². The Morgan fingerprint density at radius 3 is 2.38 bits per heavy atom. The Balaban J connectivity index is 2.48. The zero-order valence-corrected chi connectivity index (χ0v) is 14.2. The fourth-order valence-corrected chi connectivity index (χ4v) is 2.44. The number of carbonyl (C=O) groups is 1. The predicted molar refractivity (Wildman–Crippen MR) is 86.4 cm³/mol. The minimum atomic E-state index is -0.460. The first-order valence-electron chi connectivity index (χ1n) is 8.07. The quantitative estimate of drug-likeness (QED) is 0.475. The number of aliphatic imine (C=N–C) groups is 1. The van der Waals surface area contributed by atoms with Crippen molar-refractivity contribution in [2.75, 3.05) is 13.1 Å². The van der Waals surface area contributed by atoms with Crippen LogP contribution in [0.4, 0.5) is 0 Å². The lowest BCUT2D eigenvalue weighted by molar-refractivity contribution is -0.152. The van der Waals surface area contributed by atoms with Crippen molar-refractivity contribution >= 4 is 11.9 Å². The van der Waals surface area contributed by atoms with E-state index in [1.54, 1.807) is 0 Å². The smallest absolute Gasteiger partial charge is 0.328 e. The minimum Gasteiger partial charge on any atom is -0.459 e. The molecule has 0 heterocycles. The second kappa shape index (κ2) is 8.25. The third kappa shape index (κ3) is 7.93. The second-order valence-corrected chi connectivity index (χ2v) is 6.88. The third-order valence-electron chi connectivity index (χ3n) is 3.49. The zero-order chi connectivity index (χ0) is 15.9. The maximum absolute atomic E-state index is 11.7. The van der Waals surface area contributed by atoms with E-state index in [4.69, 9.17) is 4.74 Å². The summed E-state index contributed by atoms with van der Waals surface area (Å²) in [5.41, 5.74) is -0.460. The molecular weight excluding hydrogens is 266 g/mol. The molecule has 5 heteroatoms. The Bertz CT molecular complexity index is 353. The number of hydrogen-bond acceptors (Lipinski definition) is 3. The van der Waals surface area contributed by atoms with E-state index in [9.17, 15) is 4.79 Å². The van der Waals surface area contributed by atoms with Crippen LogP contribution in [0.3, 0.4) is 0 Å². The van der Waals surface area contributed by atoms with Crippen molar-refractivity contribution in [3.63, 3.8) is 0 Å². The lowest BCUT2D eigenvalue weighted by Crippen LogP contribution is -2.45. The molecule has 1 rings (SSSR count). The van der Waals surface area contributed by atoms with Crippen LogP contribution in [-0.4, -0.2) is 36.7 Å². The Kier molecular flexibility index (Phi) is 6.99. The lowest BCUT2D eigenvalue weighted by atomic mass is 9.87. The van der Waals surface area contributed by atoms with Crippen LogP contribution in [0.1, 0.15) is 60.3 Å². The maximum atomic E-state index is 11.7. The molecule has 122 valence electrons. The number of guanidine groups is 1. The Morgan fingerprint density at radius 2 is 1.86 bits per heavy atom. The van der Waals surface area contributed by atoms with Gasteiger partial charge in [-0.1, -0.05) is 6.92 Å². The highest BCUT2D eigenvalue weighted by Gasteiger charge is 2.19. The molecule has 0 spiro atoms. The summed E-state index contributed by atoms with van der Waals surface area (Å²) >= 11 is 0. The highest BCUT2D eigenvalue weighted by Crippen LogP contribution is 2.23. The molecule has 0 radical (unpaired) electrons. The molecule has 2 N–H and O–H groups in total. The summed E-state index contributed by atoms with van der Waals surface area (Å²) in [5, 5.41) is 6.62. The molecule has 5 nitrogen and oxygen atoms in total. The monoisotopic (exact) mass is 297 g/mol. The van der Waals surface area contributed by atoms with Gasteiger partial charge < -0.3 is 15.4 Å². The van der Waals surface area contributed by atoms with E-state index < -0.39 is 5.60 Å². The maximum Gasteiger partial charge on any atom is 0.328 e. The fourth-order valence-electron chi connectivity index (χ4n) is 2.44. The van der Waals surface area contributed by atoms with Gasteiger partial charge in [0.1, 0.15) is 12.1 Å². The summed E-state index contributed by atoms with van der Waals surface area (Å²) in [6.07, 6.45) is 4.84. The molecule has 0 aromatic carbocycles. The van der Waals surface area contributed by atoms with Crippen molar-refractivity contribution in [3.05, 3.63) is 0 Å². The first-order valence-corrected chi connectivity index (χ1v) is 8.07. The van der Waals surface area contributed by atoms with Gasteiger partial charge in [-0.2, -0.15) is 0 Å².